The highest BCUT2D eigenvalue weighted by molar-refractivity contribution is 6.46. The highest BCUT2D eigenvalue weighted by Crippen LogP contribution is 2.44. The Morgan fingerprint density at radius 3 is 2.55 bits per heavy atom. The Morgan fingerprint density at radius 1 is 1.00 bits per heavy atom. The zero-order valence-corrected chi connectivity index (χ0v) is 17.5. The number of Topliss-reactive ketones (excluding diaryl/α,β-unsaturated/α-hetero) is 1. The molecule has 1 N–H and O–H groups in total. The quantitative estimate of drug-likeness (QED) is 0.451. The highest BCUT2D eigenvalue weighted by atomic mass is 16.7. The van der Waals surface area contributed by atoms with Crippen LogP contribution in [0.25, 0.3) is 5.76 Å². The Hall–Kier alpha value is -3.28. The van der Waals surface area contributed by atoms with Gasteiger partial charge in [-0.25, -0.2) is 0 Å². The van der Waals surface area contributed by atoms with Crippen molar-refractivity contribution in [2.75, 3.05) is 6.79 Å². The molecule has 3 aliphatic rings. The van der Waals surface area contributed by atoms with Crippen LogP contribution in [0.4, 0.5) is 0 Å². The number of aryl methyl sites for hydroxylation is 1. The standard InChI is InChI=1S/C25H25NO5/c1-15-6-5-7-16(12-15)22-21(23(27)17-10-11-19-20(13-17)31-14-30-19)24(28)25(29)26(22)18-8-3-2-4-9-18/h5-7,10-13,18,22,27H,2-4,8-9,14H2,1H3/b23-21-. The molecule has 6 heteroatoms. The number of rotatable bonds is 3. The highest BCUT2D eigenvalue weighted by Gasteiger charge is 2.48. The van der Waals surface area contributed by atoms with E-state index in [2.05, 4.69) is 0 Å². The Labute approximate surface area is 181 Å². The van der Waals surface area contributed by atoms with Crippen molar-refractivity contribution >= 4 is 17.4 Å². The van der Waals surface area contributed by atoms with Crippen molar-refractivity contribution in [3.05, 3.63) is 64.7 Å². The maximum Gasteiger partial charge on any atom is 0.295 e. The summed E-state index contributed by atoms with van der Waals surface area (Å²) >= 11 is 0. The minimum absolute atomic E-state index is 0.00207. The molecular formula is C25H25NO5. The zero-order chi connectivity index (χ0) is 21.5. The average molecular weight is 419 g/mol. The van der Waals surface area contributed by atoms with Crippen LogP contribution in [0.2, 0.25) is 0 Å². The van der Waals surface area contributed by atoms with Crippen LogP contribution in [-0.4, -0.2) is 34.5 Å². The summed E-state index contributed by atoms with van der Waals surface area (Å²) in [6, 6.07) is 12.2. The van der Waals surface area contributed by atoms with Crippen molar-refractivity contribution in [3.8, 4) is 11.5 Å². The molecule has 1 saturated carbocycles. The minimum Gasteiger partial charge on any atom is -0.507 e. The first-order valence-corrected chi connectivity index (χ1v) is 10.8. The second-order valence-corrected chi connectivity index (χ2v) is 8.48. The molecule has 2 aromatic carbocycles. The summed E-state index contributed by atoms with van der Waals surface area (Å²) in [6.07, 6.45) is 4.97. The summed E-state index contributed by atoms with van der Waals surface area (Å²) in [4.78, 5) is 28.1. The Balaban J connectivity index is 1.65. The van der Waals surface area contributed by atoms with Crippen LogP contribution in [0.5, 0.6) is 11.5 Å². The largest absolute Gasteiger partial charge is 0.507 e. The van der Waals surface area contributed by atoms with Crippen LogP contribution >= 0.6 is 0 Å². The van der Waals surface area contributed by atoms with Crippen molar-refractivity contribution in [2.24, 2.45) is 0 Å². The first-order valence-electron chi connectivity index (χ1n) is 10.8. The first kappa shape index (κ1) is 19.7. The molecule has 1 saturated heterocycles. The van der Waals surface area contributed by atoms with Gasteiger partial charge in [-0.2, -0.15) is 0 Å². The second-order valence-electron chi connectivity index (χ2n) is 8.48. The third-order valence-electron chi connectivity index (χ3n) is 6.45. The number of ether oxygens (including phenoxy) is 2. The number of fused-ring (bicyclic) bond motifs is 1. The van der Waals surface area contributed by atoms with Gasteiger partial charge in [0, 0.05) is 11.6 Å². The van der Waals surface area contributed by atoms with E-state index < -0.39 is 17.7 Å². The maximum absolute atomic E-state index is 13.2. The molecule has 0 radical (unpaired) electrons. The number of ketones is 1. The van der Waals surface area contributed by atoms with Gasteiger partial charge < -0.3 is 19.5 Å². The Kier molecular flexibility index (Phi) is 4.93. The normalized spacial score (nSPS) is 22.9. The number of aliphatic hydroxyl groups excluding tert-OH is 1. The SMILES string of the molecule is Cc1cccc(C2/C(=C(/O)c3ccc4c(c3)OCO4)C(=O)C(=O)N2C2CCCCC2)c1. The average Bonchev–Trinajstić information content (AvgIpc) is 3.36. The van der Waals surface area contributed by atoms with E-state index >= 15 is 0 Å². The van der Waals surface area contributed by atoms with E-state index in [1.165, 1.54) is 0 Å². The summed E-state index contributed by atoms with van der Waals surface area (Å²) in [7, 11) is 0. The van der Waals surface area contributed by atoms with Gasteiger partial charge in [0.15, 0.2) is 11.5 Å². The molecule has 0 bridgehead atoms. The van der Waals surface area contributed by atoms with E-state index in [1.54, 1.807) is 23.1 Å². The molecule has 2 heterocycles. The molecule has 31 heavy (non-hydrogen) atoms. The van der Waals surface area contributed by atoms with Crippen molar-refractivity contribution < 1.29 is 24.2 Å². The molecule has 2 aromatic rings. The second kappa shape index (κ2) is 7.76. The lowest BCUT2D eigenvalue weighted by Gasteiger charge is -2.35. The van der Waals surface area contributed by atoms with E-state index in [0.29, 0.717) is 17.1 Å². The van der Waals surface area contributed by atoms with E-state index in [1.807, 2.05) is 31.2 Å². The molecule has 6 nitrogen and oxygen atoms in total. The minimum atomic E-state index is -0.632. The Bertz CT molecular complexity index is 1080. The van der Waals surface area contributed by atoms with Crippen molar-refractivity contribution in [3.63, 3.8) is 0 Å². The molecule has 2 fully saturated rings. The number of aliphatic hydroxyl groups is 1. The molecule has 160 valence electrons. The van der Waals surface area contributed by atoms with E-state index in [9.17, 15) is 14.7 Å². The first-order chi connectivity index (χ1) is 15.0. The van der Waals surface area contributed by atoms with Crippen LogP contribution in [0.1, 0.15) is 54.8 Å². The molecule has 1 aliphatic carbocycles. The van der Waals surface area contributed by atoms with Crippen LogP contribution in [-0.2, 0) is 9.59 Å². The van der Waals surface area contributed by atoms with Gasteiger partial charge in [0.25, 0.3) is 11.7 Å². The fourth-order valence-corrected chi connectivity index (χ4v) is 4.95. The van der Waals surface area contributed by atoms with Crippen LogP contribution in [0.15, 0.2) is 48.0 Å². The topological polar surface area (TPSA) is 76.1 Å². The number of amides is 1. The fraction of sp³-hybridized carbons (Fsp3) is 0.360. The third kappa shape index (κ3) is 3.36. The van der Waals surface area contributed by atoms with Crippen LogP contribution in [0.3, 0.4) is 0 Å². The van der Waals surface area contributed by atoms with Gasteiger partial charge in [0.1, 0.15) is 5.76 Å². The number of hydrogen-bond acceptors (Lipinski definition) is 5. The van der Waals surface area contributed by atoms with Crippen LogP contribution < -0.4 is 9.47 Å². The molecular weight excluding hydrogens is 394 g/mol. The van der Waals surface area contributed by atoms with Crippen molar-refractivity contribution in [2.45, 2.75) is 51.1 Å². The molecule has 5 rings (SSSR count). The van der Waals surface area contributed by atoms with Gasteiger partial charge >= 0.3 is 0 Å². The lowest BCUT2D eigenvalue weighted by molar-refractivity contribution is -0.141. The van der Waals surface area contributed by atoms with E-state index in [-0.39, 0.29) is 24.2 Å². The molecule has 1 atom stereocenters. The Morgan fingerprint density at radius 2 is 1.77 bits per heavy atom. The van der Waals surface area contributed by atoms with Gasteiger partial charge in [0.2, 0.25) is 6.79 Å². The van der Waals surface area contributed by atoms with Crippen molar-refractivity contribution in [1.82, 2.24) is 4.90 Å². The smallest absolute Gasteiger partial charge is 0.295 e. The maximum atomic E-state index is 13.2. The predicted molar refractivity (Wildman–Crippen MR) is 115 cm³/mol. The van der Waals surface area contributed by atoms with Crippen LogP contribution in [0, 0.1) is 6.92 Å². The number of benzene rings is 2. The van der Waals surface area contributed by atoms with E-state index in [0.717, 1.165) is 43.2 Å². The van der Waals surface area contributed by atoms with Gasteiger partial charge in [-0.3, -0.25) is 9.59 Å². The summed E-state index contributed by atoms with van der Waals surface area (Å²) < 4.78 is 10.8. The molecule has 0 aromatic heterocycles. The van der Waals surface area contributed by atoms with Gasteiger partial charge in [-0.15, -0.1) is 0 Å². The number of carbonyl (C=O) groups excluding carboxylic acids is 2. The number of likely N-dealkylation sites (tertiary alicyclic amines) is 1. The lowest BCUT2D eigenvalue weighted by atomic mass is 9.90. The number of carbonyl (C=O) groups is 2. The fourth-order valence-electron chi connectivity index (χ4n) is 4.95. The zero-order valence-electron chi connectivity index (χ0n) is 17.5. The summed E-state index contributed by atoms with van der Waals surface area (Å²) in [5.74, 6) is -0.235. The number of nitrogens with zero attached hydrogens (tertiary/aromatic N) is 1. The van der Waals surface area contributed by atoms with Crippen molar-refractivity contribution in [1.29, 1.82) is 0 Å². The van der Waals surface area contributed by atoms with E-state index in [4.69, 9.17) is 9.47 Å². The third-order valence-corrected chi connectivity index (χ3v) is 6.45. The predicted octanol–water partition coefficient (Wildman–Crippen LogP) is 4.48. The molecule has 2 aliphatic heterocycles. The van der Waals surface area contributed by atoms with Gasteiger partial charge in [-0.1, -0.05) is 49.1 Å². The lowest BCUT2D eigenvalue weighted by Crippen LogP contribution is -2.40. The molecule has 1 amide bonds. The summed E-state index contributed by atoms with van der Waals surface area (Å²) in [5, 5.41) is 11.2. The molecule has 0 spiro atoms. The van der Waals surface area contributed by atoms with Gasteiger partial charge in [0.05, 0.1) is 11.6 Å². The summed E-state index contributed by atoms with van der Waals surface area (Å²) in [6.45, 7) is 2.10. The monoisotopic (exact) mass is 419 g/mol. The van der Waals surface area contributed by atoms with Gasteiger partial charge in [-0.05, 0) is 43.5 Å². The summed E-state index contributed by atoms with van der Waals surface area (Å²) in [5.41, 5.74) is 2.45. The number of hydrogen-bond donors (Lipinski definition) is 1. The molecule has 1 unspecified atom stereocenters.